The predicted octanol–water partition coefficient (Wildman–Crippen LogP) is 0.887. The van der Waals surface area contributed by atoms with Crippen molar-refractivity contribution in [3.8, 4) is 0 Å². The van der Waals surface area contributed by atoms with Crippen LogP contribution in [0.4, 0.5) is 4.39 Å². The molecular weight excluding hydrogens is 173 g/mol. The average molecular weight is 189 g/mol. The number of esters is 1. The van der Waals surface area contributed by atoms with Crippen LogP contribution in [0.1, 0.15) is 19.8 Å². The first kappa shape index (κ1) is 10.4. The molecule has 1 rings (SSSR count). The summed E-state index contributed by atoms with van der Waals surface area (Å²) >= 11 is 0. The summed E-state index contributed by atoms with van der Waals surface area (Å²) in [6, 6.07) is 0. The van der Waals surface area contributed by atoms with E-state index in [1.165, 1.54) is 0 Å². The van der Waals surface area contributed by atoms with Crippen LogP contribution in [-0.4, -0.2) is 31.8 Å². The second kappa shape index (κ2) is 5.17. The van der Waals surface area contributed by atoms with E-state index in [-0.39, 0.29) is 12.5 Å². The van der Waals surface area contributed by atoms with Crippen molar-refractivity contribution in [2.24, 2.45) is 5.92 Å². The molecular formula is C9H16FNO2. The first-order valence-electron chi connectivity index (χ1n) is 4.77. The minimum absolute atomic E-state index is 0.201. The van der Waals surface area contributed by atoms with E-state index in [0.29, 0.717) is 6.54 Å². The van der Waals surface area contributed by atoms with Gasteiger partial charge in [-0.3, -0.25) is 0 Å². The Morgan fingerprint density at radius 3 is 3.08 bits per heavy atom. The lowest BCUT2D eigenvalue weighted by Gasteiger charge is -2.24. The fraction of sp³-hybridized carbons (Fsp3) is 0.889. The Morgan fingerprint density at radius 1 is 1.77 bits per heavy atom. The van der Waals surface area contributed by atoms with E-state index >= 15 is 0 Å². The maximum absolute atomic E-state index is 13.4. The maximum atomic E-state index is 13.4. The molecule has 1 fully saturated rings. The van der Waals surface area contributed by atoms with Crippen LogP contribution in [0.15, 0.2) is 0 Å². The highest BCUT2D eigenvalue weighted by atomic mass is 19.1. The van der Waals surface area contributed by atoms with Gasteiger partial charge in [0.25, 0.3) is 0 Å². The van der Waals surface area contributed by atoms with Crippen LogP contribution in [-0.2, 0) is 9.53 Å². The zero-order valence-corrected chi connectivity index (χ0v) is 7.88. The van der Waals surface area contributed by atoms with Gasteiger partial charge in [-0.15, -0.1) is 0 Å². The molecule has 1 saturated heterocycles. The van der Waals surface area contributed by atoms with Crippen LogP contribution < -0.4 is 5.32 Å². The zero-order chi connectivity index (χ0) is 9.68. The SMILES string of the molecule is CCOC(=O)C(F)C1CCCNC1. The number of hydrogen-bond donors (Lipinski definition) is 1. The van der Waals surface area contributed by atoms with E-state index in [4.69, 9.17) is 0 Å². The summed E-state index contributed by atoms with van der Waals surface area (Å²) in [6.07, 6.45) is 0.255. The summed E-state index contributed by atoms with van der Waals surface area (Å²) < 4.78 is 18.0. The van der Waals surface area contributed by atoms with Gasteiger partial charge in [0, 0.05) is 12.5 Å². The van der Waals surface area contributed by atoms with Gasteiger partial charge in [-0.25, -0.2) is 9.18 Å². The topological polar surface area (TPSA) is 38.3 Å². The van der Waals surface area contributed by atoms with Gasteiger partial charge >= 0.3 is 5.97 Å². The van der Waals surface area contributed by atoms with E-state index in [1.807, 2.05) is 0 Å². The highest BCUT2D eigenvalue weighted by Crippen LogP contribution is 2.18. The monoisotopic (exact) mass is 189 g/mol. The molecule has 0 aromatic heterocycles. The molecule has 0 saturated carbocycles. The first-order valence-corrected chi connectivity index (χ1v) is 4.77. The van der Waals surface area contributed by atoms with Gasteiger partial charge in [0.2, 0.25) is 6.17 Å². The van der Waals surface area contributed by atoms with Crippen molar-refractivity contribution in [2.75, 3.05) is 19.7 Å². The largest absolute Gasteiger partial charge is 0.464 e. The van der Waals surface area contributed by atoms with E-state index in [9.17, 15) is 9.18 Å². The molecule has 0 aromatic carbocycles. The lowest BCUT2D eigenvalue weighted by atomic mass is 9.95. The summed E-state index contributed by atoms with van der Waals surface area (Å²) in [5, 5.41) is 3.06. The van der Waals surface area contributed by atoms with Crippen molar-refractivity contribution in [3.63, 3.8) is 0 Å². The minimum atomic E-state index is -1.45. The van der Waals surface area contributed by atoms with Gasteiger partial charge in [0.1, 0.15) is 0 Å². The number of alkyl halides is 1. The number of ether oxygens (including phenoxy) is 1. The third-order valence-corrected chi connectivity index (χ3v) is 2.26. The van der Waals surface area contributed by atoms with Gasteiger partial charge in [-0.1, -0.05) is 0 Å². The fourth-order valence-electron chi connectivity index (χ4n) is 1.54. The molecule has 1 aliphatic rings. The second-order valence-electron chi connectivity index (χ2n) is 3.26. The number of carbonyl (C=O) groups is 1. The molecule has 1 N–H and O–H groups in total. The number of piperidine rings is 1. The Morgan fingerprint density at radius 2 is 2.54 bits per heavy atom. The second-order valence-corrected chi connectivity index (χ2v) is 3.26. The molecule has 0 bridgehead atoms. The lowest BCUT2D eigenvalue weighted by molar-refractivity contribution is -0.151. The summed E-state index contributed by atoms with van der Waals surface area (Å²) in [5.74, 6) is -0.913. The van der Waals surface area contributed by atoms with Crippen molar-refractivity contribution < 1.29 is 13.9 Å². The highest BCUT2D eigenvalue weighted by Gasteiger charge is 2.30. The summed E-state index contributed by atoms with van der Waals surface area (Å²) in [4.78, 5) is 11.0. The number of nitrogens with one attached hydrogen (secondary N) is 1. The molecule has 0 amide bonds. The summed E-state index contributed by atoms with van der Waals surface area (Å²) in [5.41, 5.74) is 0. The van der Waals surface area contributed by atoms with Gasteiger partial charge in [-0.2, -0.15) is 0 Å². The smallest absolute Gasteiger partial charge is 0.341 e. The molecule has 0 aromatic rings. The van der Waals surface area contributed by atoms with Crippen LogP contribution in [0, 0.1) is 5.92 Å². The molecule has 2 unspecified atom stereocenters. The van der Waals surface area contributed by atoms with Gasteiger partial charge in [-0.05, 0) is 26.3 Å². The maximum Gasteiger partial charge on any atom is 0.341 e. The standard InChI is InChI=1S/C9H16FNO2/c1-2-13-9(12)8(10)7-4-3-5-11-6-7/h7-8,11H,2-6H2,1H3. The van der Waals surface area contributed by atoms with E-state index in [1.54, 1.807) is 6.92 Å². The summed E-state index contributed by atoms with van der Waals surface area (Å²) in [6.45, 7) is 3.44. The zero-order valence-electron chi connectivity index (χ0n) is 7.88. The molecule has 2 atom stereocenters. The molecule has 76 valence electrons. The van der Waals surface area contributed by atoms with Crippen LogP contribution in [0.3, 0.4) is 0 Å². The lowest BCUT2D eigenvalue weighted by Crippen LogP contribution is -2.39. The molecule has 3 nitrogen and oxygen atoms in total. The first-order chi connectivity index (χ1) is 6.25. The van der Waals surface area contributed by atoms with Crippen molar-refractivity contribution in [3.05, 3.63) is 0 Å². The van der Waals surface area contributed by atoms with Crippen LogP contribution >= 0.6 is 0 Å². The normalized spacial score (nSPS) is 25.2. The third kappa shape index (κ3) is 2.95. The Bertz CT molecular complexity index is 169. The van der Waals surface area contributed by atoms with Crippen molar-refractivity contribution in [2.45, 2.75) is 25.9 Å². The molecule has 1 aliphatic heterocycles. The number of hydrogen-bond acceptors (Lipinski definition) is 3. The number of halogens is 1. The van der Waals surface area contributed by atoms with Crippen LogP contribution in [0.2, 0.25) is 0 Å². The molecule has 0 spiro atoms. The quantitative estimate of drug-likeness (QED) is 0.670. The van der Waals surface area contributed by atoms with Crippen LogP contribution in [0.5, 0.6) is 0 Å². The van der Waals surface area contributed by atoms with Crippen molar-refractivity contribution in [1.82, 2.24) is 5.32 Å². The number of carbonyl (C=O) groups excluding carboxylic acids is 1. The summed E-state index contributed by atoms with van der Waals surface area (Å²) in [7, 11) is 0. The Hall–Kier alpha value is -0.640. The predicted molar refractivity (Wildman–Crippen MR) is 47.1 cm³/mol. The Kier molecular flexibility index (Phi) is 4.15. The molecule has 4 heteroatoms. The molecule has 13 heavy (non-hydrogen) atoms. The van der Waals surface area contributed by atoms with E-state index in [0.717, 1.165) is 19.4 Å². The van der Waals surface area contributed by atoms with Gasteiger partial charge in [0.05, 0.1) is 6.61 Å². The fourth-order valence-corrected chi connectivity index (χ4v) is 1.54. The van der Waals surface area contributed by atoms with Crippen molar-refractivity contribution in [1.29, 1.82) is 0 Å². The Labute approximate surface area is 77.6 Å². The Balaban J connectivity index is 2.35. The molecule has 0 aliphatic carbocycles. The van der Waals surface area contributed by atoms with E-state index in [2.05, 4.69) is 10.1 Å². The third-order valence-electron chi connectivity index (χ3n) is 2.26. The van der Waals surface area contributed by atoms with Gasteiger partial charge in [0.15, 0.2) is 0 Å². The average Bonchev–Trinajstić information content (AvgIpc) is 2.18. The van der Waals surface area contributed by atoms with Crippen LogP contribution in [0.25, 0.3) is 0 Å². The molecule has 1 heterocycles. The van der Waals surface area contributed by atoms with Crippen molar-refractivity contribution >= 4 is 5.97 Å². The van der Waals surface area contributed by atoms with Gasteiger partial charge < -0.3 is 10.1 Å². The molecule has 0 radical (unpaired) electrons. The highest BCUT2D eigenvalue weighted by molar-refractivity contribution is 5.74. The number of rotatable bonds is 3. The van der Waals surface area contributed by atoms with E-state index < -0.39 is 12.1 Å². The minimum Gasteiger partial charge on any atom is -0.464 e.